The lowest BCUT2D eigenvalue weighted by molar-refractivity contribution is -0.142. The van der Waals surface area contributed by atoms with Crippen molar-refractivity contribution in [1.29, 1.82) is 0 Å². The molecule has 0 aliphatic carbocycles. The average Bonchev–Trinajstić information content (AvgIpc) is 2.87. The topological polar surface area (TPSA) is 47.6 Å². The van der Waals surface area contributed by atoms with Crippen LogP contribution in [-0.4, -0.2) is 31.8 Å². The van der Waals surface area contributed by atoms with Crippen molar-refractivity contribution < 1.29 is 14.3 Å². The highest BCUT2D eigenvalue weighted by Gasteiger charge is 2.31. The van der Waals surface area contributed by atoms with Crippen LogP contribution in [0.3, 0.4) is 0 Å². The minimum Gasteiger partial charge on any atom is -0.489 e. The average molecular weight is 249 g/mol. The third-order valence-corrected chi connectivity index (χ3v) is 3.22. The molecule has 0 amide bonds. The fourth-order valence-electron chi connectivity index (χ4n) is 2.21. The van der Waals surface area contributed by atoms with Gasteiger partial charge in [-0.05, 0) is 18.1 Å². The van der Waals surface area contributed by atoms with Gasteiger partial charge in [-0.3, -0.25) is 4.79 Å². The van der Waals surface area contributed by atoms with E-state index in [9.17, 15) is 4.79 Å². The van der Waals surface area contributed by atoms with Crippen molar-refractivity contribution in [1.82, 2.24) is 5.32 Å². The predicted molar refractivity (Wildman–Crippen MR) is 68.7 cm³/mol. The van der Waals surface area contributed by atoms with Gasteiger partial charge in [-0.15, -0.1) is 0 Å². The summed E-state index contributed by atoms with van der Waals surface area (Å²) in [5, 5.41) is 3.12. The maximum absolute atomic E-state index is 11.4. The monoisotopic (exact) mass is 249 g/mol. The third-order valence-electron chi connectivity index (χ3n) is 3.22. The first-order valence-electron chi connectivity index (χ1n) is 6.30. The predicted octanol–water partition coefficient (Wildman–Crippen LogP) is 1.53. The number of hydrogen-bond acceptors (Lipinski definition) is 4. The highest BCUT2D eigenvalue weighted by molar-refractivity contribution is 5.76. The lowest BCUT2D eigenvalue weighted by Gasteiger charge is -2.15. The first-order chi connectivity index (χ1) is 8.74. The highest BCUT2D eigenvalue weighted by Crippen LogP contribution is 2.22. The third kappa shape index (κ3) is 2.82. The summed E-state index contributed by atoms with van der Waals surface area (Å²) >= 11 is 0. The van der Waals surface area contributed by atoms with E-state index in [0.29, 0.717) is 13.0 Å². The molecule has 0 aromatic heterocycles. The van der Waals surface area contributed by atoms with Crippen molar-refractivity contribution in [2.75, 3.05) is 13.7 Å². The number of carbonyl (C=O) groups excluding carboxylic acids is 1. The fraction of sp³-hybridized carbons (Fsp3) is 0.500. The van der Waals surface area contributed by atoms with E-state index in [1.165, 1.54) is 12.7 Å². The minimum absolute atomic E-state index is 0.0294. The number of para-hydroxylation sites is 1. The largest absolute Gasteiger partial charge is 0.489 e. The van der Waals surface area contributed by atoms with Crippen LogP contribution in [0.2, 0.25) is 0 Å². The van der Waals surface area contributed by atoms with Gasteiger partial charge in [-0.25, -0.2) is 0 Å². The Hall–Kier alpha value is -1.55. The lowest BCUT2D eigenvalue weighted by atomic mass is 10.1. The molecule has 18 heavy (non-hydrogen) atoms. The summed E-state index contributed by atoms with van der Waals surface area (Å²) in [6, 6.07) is 7.78. The number of hydrogen-bond donors (Lipinski definition) is 1. The highest BCUT2D eigenvalue weighted by atomic mass is 16.5. The van der Waals surface area contributed by atoms with Crippen LogP contribution in [0.5, 0.6) is 5.75 Å². The first kappa shape index (κ1) is 12.9. The summed E-state index contributed by atoms with van der Waals surface area (Å²) in [6.07, 6.45) is 1.63. The van der Waals surface area contributed by atoms with Gasteiger partial charge in [0.2, 0.25) is 0 Å². The quantitative estimate of drug-likeness (QED) is 0.822. The standard InChI is InChI=1S/C14H19NO3/c1-3-10-6-4-5-7-13(10)18-11-8-12(15-9-11)14(16)17-2/h4-7,11-12,15H,3,8-9H2,1-2H3. The second kappa shape index (κ2) is 5.87. The second-order valence-electron chi connectivity index (χ2n) is 4.42. The zero-order valence-corrected chi connectivity index (χ0v) is 10.8. The Kier molecular flexibility index (Phi) is 4.20. The van der Waals surface area contributed by atoms with Gasteiger partial charge in [-0.1, -0.05) is 25.1 Å². The van der Waals surface area contributed by atoms with E-state index >= 15 is 0 Å². The van der Waals surface area contributed by atoms with Gasteiger partial charge in [0, 0.05) is 13.0 Å². The summed E-state index contributed by atoms with van der Waals surface area (Å²) in [4.78, 5) is 11.4. The van der Waals surface area contributed by atoms with E-state index in [4.69, 9.17) is 9.47 Å². The number of esters is 1. The number of aryl methyl sites for hydroxylation is 1. The molecule has 0 bridgehead atoms. The molecule has 1 N–H and O–H groups in total. The van der Waals surface area contributed by atoms with E-state index in [1.807, 2.05) is 18.2 Å². The molecular weight excluding hydrogens is 230 g/mol. The van der Waals surface area contributed by atoms with Gasteiger partial charge >= 0.3 is 5.97 Å². The van der Waals surface area contributed by atoms with Gasteiger partial charge in [-0.2, -0.15) is 0 Å². The molecule has 1 heterocycles. The van der Waals surface area contributed by atoms with Gasteiger partial charge in [0.1, 0.15) is 17.9 Å². The summed E-state index contributed by atoms with van der Waals surface area (Å²) < 4.78 is 10.7. The molecule has 2 atom stereocenters. The Morgan fingerprint density at radius 3 is 2.94 bits per heavy atom. The number of carbonyl (C=O) groups is 1. The van der Waals surface area contributed by atoms with Crippen LogP contribution >= 0.6 is 0 Å². The van der Waals surface area contributed by atoms with Gasteiger partial charge in [0.05, 0.1) is 7.11 Å². The van der Waals surface area contributed by atoms with Crippen LogP contribution in [-0.2, 0) is 16.0 Å². The number of ether oxygens (including phenoxy) is 2. The fourth-order valence-corrected chi connectivity index (χ4v) is 2.21. The van der Waals surface area contributed by atoms with Crippen molar-refractivity contribution in [2.24, 2.45) is 0 Å². The molecule has 4 heteroatoms. The molecule has 0 saturated carbocycles. The zero-order chi connectivity index (χ0) is 13.0. The van der Waals surface area contributed by atoms with Crippen LogP contribution in [0, 0.1) is 0 Å². The molecule has 1 fully saturated rings. The SMILES string of the molecule is CCc1ccccc1OC1CNC(C(=O)OC)C1. The number of benzene rings is 1. The maximum Gasteiger partial charge on any atom is 0.323 e. The second-order valence-corrected chi connectivity index (χ2v) is 4.42. The molecular formula is C14H19NO3. The Bertz CT molecular complexity index is 419. The minimum atomic E-state index is -0.242. The molecule has 2 rings (SSSR count). The molecule has 4 nitrogen and oxygen atoms in total. The molecule has 1 aromatic carbocycles. The number of methoxy groups -OCH3 is 1. The lowest BCUT2D eigenvalue weighted by Crippen LogP contribution is -2.31. The van der Waals surface area contributed by atoms with E-state index in [-0.39, 0.29) is 18.1 Å². The molecule has 0 spiro atoms. The Labute approximate surface area is 107 Å². The van der Waals surface area contributed by atoms with E-state index in [0.717, 1.165) is 12.2 Å². The molecule has 1 aromatic rings. The molecule has 1 aliphatic rings. The first-order valence-corrected chi connectivity index (χ1v) is 6.30. The van der Waals surface area contributed by atoms with Crippen LogP contribution in [0.25, 0.3) is 0 Å². The summed E-state index contributed by atoms with van der Waals surface area (Å²) in [6.45, 7) is 2.78. The van der Waals surface area contributed by atoms with Crippen molar-refractivity contribution >= 4 is 5.97 Å². The Morgan fingerprint density at radius 1 is 1.44 bits per heavy atom. The van der Waals surface area contributed by atoms with Crippen molar-refractivity contribution in [3.05, 3.63) is 29.8 Å². The summed E-state index contributed by atoms with van der Waals surface area (Å²) in [5.41, 5.74) is 1.19. The van der Waals surface area contributed by atoms with Crippen molar-refractivity contribution in [2.45, 2.75) is 31.9 Å². The van der Waals surface area contributed by atoms with Crippen molar-refractivity contribution in [3.63, 3.8) is 0 Å². The molecule has 2 unspecified atom stereocenters. The normalized spacial score (nSPS) is 22.8. The Balaban J connectivity index is 1.97. The van der Waals surface area contributed by atoms with Crippen molar-refractivity contribution in [3.8, 4) is 5.75 Å². The van der Waals surface area contributed by atoms with Gasteiger partial charge in [0.25, 0.3) is 0 Å². The van der Waals surface area contributed by atoms with E-state index < -0.39 is 0 Å². The van der Waals surface area contributed by atoms with Crippen LogP contribution in [0.15, 0.2) is 24.3 Å². The number of nitrogens with one attached hydrogen (secondary N) is 1. The molecule has 1 saturated heterocycles. The maximum atomic E-state index is 11.4. The number of rotatable bonds is 4. The van der Waals surface area contributed by atoms with E-state index in [1.54, 1.807) is 0 Å². The van der Waals surface area contributed by atoms with Crippen LogP contribution in [0.1, 0.15) is 18.9 Å². The Morgan fingerprint density at radius 2 is 2.22 bits per heavy atom. The van der Waals surface area contributed by atoms with Gasteiger partial charge in [0.15, 0.2) is 0 Å². The molecule has 98 valence electrons. The van der Waals surface area contributed by atoms with E-state index in [2.05, 4.69) is 18.3 Å². The summed E-state index contributed by atoms with van der Waals surface area (Å²) in [5.74, 6) is 0.696. The molecule has 1 aliphatic heterocycles. The summed E-state index contributed by atoms with van der Waals surface area (Å²) in [7, 11) is 1.41. The zero-order valence-electron chi connectivity index (χ0n) is 10.8. The van der Waals surface area contributed by atoms with Crippen LogP contribution < -0.4 is 10.1 Å². The van der Waals surface area contributed by atoms with Crippen LogP contribution in [0.4, 0.5) is 0 Å². The molecule has 0 radical (unpaired) electrons. The smallest absolute Gasteiger partial charge is 0.323 e. The van der Waals surface area contributed by atoms with Gasteiger partial charge < -0.3 is 14.8 Å².